The van der Waals surface area contributed by atoms with Crippen molar-refractivity contribution in [2.45, 2.75) is 12.8 Å². The van der Waals surface area contributed by atoms with Crippen LogP contribution in [0.1, 0.15) is 11.1 Å². The molecule has 0 aliphatic rings. The van der Waals surface area contributed by atoms with E-state index in [0.717, 1.165) is 40.8 Å². The Bertz CT molecular complexity index is 1070. The molecule has 0 atom stereocenters. The maximum absolute atomic E-state index is 6.08. The Morgan fingerprint density at radius 3 is 2.31 bits per heavy atom. The molecule has 0 aliphatic heterocycles. The number of hydrogen-bond donors (Lipinski definition) is 1. The van der Waals surface area contributed by atoms with E-state index in [2.05, 4.69) is 34.2 Å². The van der Waals surface area contributed by atoms with Gasteiger partial charge >= 0.3 is 0 Å². The fourth-order valence-corrected chi connectivity index (χ4v) is 3.78. The van der Waals surface area contributed by atoms with Gasteiger partial charge in [0.15, 0.2) is 0 Å². The molecular weight excluding hydrogens is 387 g/mol. The van der Waals surface area contributed by atoms with Crippen LogP contribution in [0.3, 0.4) is 0 Å². The predicted octanol–water partition coefficient (Wildman–Crippen LogP) is 6.98. The molecule has 0 spiro atoms. The first-order chi connectivity index (χ1) is 12.6. The summed E-state index contributed by atoms with van der Waals surface area (Å²) >= 11 is 18.2. The number of H-pyrrole nitrogens is 1. The first-order valence-electron chi connectivity index (χ1n) is 8.26. The van der Waals surface area contributed by atoms with Crippen molar-refractivity contribution < 1.29 is 0 Å². The van der Waals surface area contributed by atoms with Crippen LogP contribution in [0, 0.1) is 0 Å². The lowest BCUT2D eigenvalue weighted by Gasteiger charge is -2.05. The number of aromatic amines is 1. The van der Waals surface area contributed by atoms with Gasteiger partial charge in [0.05, 0.1) is 11.0 Å². The SMILES string of the molecule is Clc1cc(Cl)cc(CCc2cccc(-c3nc4ccc(Cl)cc4[nH]3)c2)c1. The molecule has 0 unspecified atom stereocenters. The van der Waals surface area contributed by atoms with Crippen LogP contribution >= 0.6 is 34.8 Å². The summed E-state index contributed by atoms with van der Waals surface area (Å²) in [6.45, 7) is 0. The minimum atomic E-state index is 0.669. The Balaban J connectivity index is 1.57. The van der Waals surface area contributed by atoms with Gasteiger partial charge in [-0.25, -0.2) is 4.98 Å². The number of hydrogen-bond acceptors (Lipinski definition) is 1. The molecule has 2 nitrogen and oxygen atoms in total. The highest BCUT2D eigenvalue weighted by molar-refractivity contribution is 6.34. The normalized spacial score (nSPS) is 11.2. The molecule has 1 heterocycles. The Kier molecular flexibility index (Phi) is 4.90. The van der Waals surface area contributed by atoms with Gasteiger partial charge < -0.3 is 4.98 Å². The lowest BCUT2D eigenvalue weighted by Crippen LogP contribution is -1.92. The fourth-order valence-electron chi connectivity index (χ4n) is 3.04. The van der Waals surface area contributed by atoms with Crippen LogP contribution in [-0.2, 0) is 12.8 Å². The largest absolute Gasteiger partial charge is 0.338 e. The standard InChI is InChI=1S/C21H15Cl3N2/c22-16-6-7-19-20(12-16)26-21(25-19)15-3-1-2-13(8-15)4-5-14-9-17(23)11-18(24)10-14/h1-3,6-12H,4-5H2,(H,25,26). The van der Waals surface area contributed by atoms with Crippen molar-refractivity contribution in [3.05, 3.63) is 86.9 Å². The maximum Gasteiger partial charge on any atom is 0.138 e. The molecule has 0 amide bonds. The molecule has 0 aliphatic carbocycles. The van der Waals surface area contributed by atoms with Crippen LogP contribution in [0.15, 0.2) is 60.7 Å². The Morgan fingerprint density at radius 1 is 0.731 bits per heavy atom. The molecule has 0 bridgehead atoms. The molecule has 0 saturated heterocycles. The van der Waals surface area contributed by atoms with E-state index in [0.29, 0.717) is 15.1 Å². The zero-order valence-electron chi connectivity index (χ0n) is 13.8. The molecule has 0 fully saturated rings. The van der Waals surface area contributed by atoms with E-state index in [1.807, 2.05) is 30.3 Å². The first-order valence-corrected chi connectivity index (χ1v) is 9.40. The van der Waals surface area contributed by atoms with Gasteiger partial charge in [-0.15, -0.1) is 0 Å². The molecular formula is C21H15Cl3N2. The molecule has 130 valence electrons. The zero-order chi connectivity index (χ0) is 18.1. The van der Waals surface area contributed by atoms with Crippen molar-refractivity contribution in [3.8, 4) is 11.4 Å². The third-order valence-corrected chi connectivity index (χ3v) is 4.94. The second kappa shape index (κ2) is 7.32. The average Bonchev–Trinajstić information content (AvgIpc) is 3.03. The molecule has 26 heavy (non-hydrogen) atoms. The number of nitrogens with one attached hydrogen (secondary N) is 1. The maximum atomic E-state index is 6.08. The summed E-state index contributed by atoms with van der Waals surface area (Å²) in [5.74, 6) is 0.843. The van der Waals surface area contributed by atoms with E-state index in [9.17, 15) is 0 Å². The van der Waals surface area contributed by atoms with Crippen LogP contribution in [0.25, 0.3) is 22.4 Å². The minimum absolute atomic E-state index is 0.669. The third kappa shape index (κ3) is 3.88. The zero-order valence-corrected chi connectivity index (χ0v) is 16.0. The van der Waals surface area contributed by atoms with Crippen LogP contribution in [0.2, 0.25) is 15.1 Å². The second-order valence-corrected chi connectivity index (χ2v) is 7.53. The summed E-state index contributed by atoms with van der Waals surface area (Å²) in [6, 6.07) is 19.7. The highest BCUT2D eigenvalue weighted by Crippen LogP contribution is 2.25. The van der Waals surface area contributed by atoms with E-state index in [1.54, 1.807) is 6.07 Å². The van der Waals surface area contributed by atoms with Gasteiger partial charge in [-0.2, -0.15) is 0 Å². The minimum Gasteiger partial charge on any atom is -0.338 e. The summed E-state index contributed by atoms with van der Waals surface area (Å²) < 4.78 is 0. The monoisotopic (exact) mass is 400 g/mol. The van der Waals surface area contributed by atoms with E-state index in [-0.39, 0.29) is 0 Å². The van der Waals surface area contributed by atoms with Gasteiger partial charge in [-0.1, -0.05) is 53.0 Å². The number of halogens is 3. The number of imidazole rings is 1. The highest BCUT2D eigenvalue weighted by Gasteiger charge is 2.07. The van der Waals surface area contributed by atoms with Crippen LogP contribution < -0.4 is 0 Å². The second-order valence-electron chi connectivity index (χ2n) is 6.22. The molecule has 1 aromatic heterocycles. The molecule has 0 radical (unpaired) electrons. The third-order valence-electron chi connectivity index (χ3n) is 4.27. The molecule has 0 saturated carbocycles. The molecule has 4 rings (SSSR count). The molecule has 1 N–H and O–H groups in total. The van der Waals surface area contributed by atoms with Crippen molar-refractivity contribution in [1.29, 1.82) is 0 Å². The highest BCUT2D eigenvalue weighted by atomic mass is 35.5. The number of fused-ring (bicyclic) bond motifs is 1. The molecule has 4 aromatic rings. The Morgan fingerprint density at radius 2 is 1.50 bits per heavy atom. The summed E-state index contributed by atoms with van der Waals surface area (Å²) in [6.07, 6.45) is 1.77. The number of rotatable bonds is 4. The quantitative estimate of drug-likeness (QED) is 0.393. The molecule has 3 aromatic carbocycles. The topological polar surface area (TPSA) is 28.7 Å². The van der Waals surface area contributed by atoms with Crippen molar-refractivity contribution in [2.75, 3.05) is 0 Å². The van der Waals surface area contributed by atoms with E-state index >= 15 is 0 Å². The van der Waals surface area contributed by atoms with E-state index < -0.39 is 0 Å². The van der Waals surface area contributed by atoms with E-state index in [1.165, 1.54) is 5.56 Å². The van der Waals surface area contributed by atoms with E-state index in [4.69, 9.17) is 34.8 Å². The summed E-state index contributed by atoms with van der Waals surface area (Å²) in [5.41, 5.74) is 5.26. The lowest BCUT2D eigenvalue weighted by atomic mass is 10.0. The predicted molar refractivity (Wildman–Crippen MR) is 110 cm³/mol. The summed E-state index contributed by atoms with van der Waals surface area (Å²) in [4.78, 5) is 8.00. The average molecular weight is 402 g/mol. The summed E-state index contributed by atoms with van der Waals surface area (Å²) in [5, 5.41) is 2.03. The van der Waals surface area contributed by atoms with Crippen LogP contribution in [0.4, 0.5) is 0 Å². The van der Waals surface area contributed by atoms with Crippen molar-refractivity contribution in [2.24, 2.45) is 0 Å². The smallest absolute Gasteiger partial charge is 0.138 e. The van der Waals surface area contributed by atoms with Gasteiger partial charge in [-0.3, -0.25) is 0 Å². The van der Waals surface area contributed by atoms with Crippen molar-refractivity contribution in [3.63, 3.8) is 0 Å². The van der Waals surface area contributed by atoms with Crippen LogP contribution in [-0.4, -0.2) is 9.97 Å². The number of benzene rings is 3. The molecule has 5 heteroatoms. The van der Waals surface area contributed by atoms with Gasteiger partial charge in [0.25, 0.3) is 0 Å². The van der Waals surface area contributed by atoms with Crippen molar-refractivity contribution in [1.82, 2.24) is 9.97 Å². The van der Waals surface area contributed by atoms with Gasteiger partial charge in [0.1, 0.15) is 5.82 Å². The lowest BCUT2D eigenvalue weighted by molar-refractivity contribution is 0.960. The number of aryl methyl sites for hydroxylation is 2. The van der Waals surface area contributed by atoms with Gasteiger partial charge in [-0.05, 0) is 66.4 Å². The number of aromatic nitrogens is 2. The van der Waals surface area contributed by atoms with Crippen LogP contribution in [0.5, 0.6) is 0 Å². The summed E-state index contributed by atoms with van der Waals surface area (Å²) in [7, 11) is 0. The fraction of sp³-hybridized carbons (Fsp3) is 0.0952. The van der Waals surface area contributed by atoms with Crippen molar-refractivity contribution >= 4 is 45.8 Å². The Labute approximate surface area is 166 Å². The van der Waals surface area contributed by atoms with Gasteiger partial charge in [0, 0.05) is 20.6 Å². The first kappa shape index (κ1) is 17.4. The Hall–Kier alpha value is -2.00. The van der Waals surface area contributed by atoms with Gasteiger partial charge in [0.2, 0.25) is 0 Å². The number of nitrogens with zero attached hydrogens (tertiary/aromatic N) is 1.